The molecule has 0 heterocycles. The van der Waals surface area contributed by atoms with Gasteiger partial charge in [0.2, 0.25) is 5.91 Å². The molecule has 5 heteroatoms. The number of nitrogens with one attached hydrogen (secondary N) is 1. The average Bonchev–Trinajstić information content (AvgIpc) is 2.76. The van der Waals surface area contributed by atoms with Crippen LogP contribution in [-0.4, -0.2) is 20.1 Å². The van der Waals surface area contributed by atoms with Gasteiger partial charge in [0.25, 0.3) is 0 Å². The fourth-order valence-electron chi connectivity index (χ4n) is 2.86. The quantitative estimate of drug-likeness (QED) is 0.469. The van der Waals surface area contributed by atoms with E-state index in [-0.39, 0.29) is 5.91 Å². The van der Waals surface area contributed by atoms with Gasteiger partial charge in [-0.25, -0.2) is 0 Å². The number of anilines is 1. The number of hydrogen-bond donors (Lipinski definition) is 1. The predicted molar refractivity (Wildman–Crippen MR) is 124 cm³/mol. The fourth-order valence-corrected chi connectivity index (χ4v) is 3.86. The first kappa shape index (κ1) is 21.5. The second kappa shape index (κ2) is 10.0. The van der Waals surface area contributed by atoms with Crippen LogP contribution in [0.15, 0.2) is 76.5 Å². The maximum atomic E-state index is 12.3. The van der Waals surface area contributed by atoms with E-state index in [1.54, 1.807) is 32.1 Å². The highest BCUT2D eigenvalue weighted by Gasteiger charge is 2.05. The normalized spacial score (nSPS) is 10.8. The van der Waals surface area contributed by atoms with Gasteiger partial charge in [-0.15, -0.1) is 0 Å². The zero-order valence-corrected chi connectivity index (χ0v) is 18.4. The van der Waals surface area contributed by atoms with E-state index in [0.29, 0.717) is 11.5 Å². The lowest BCUT2D eigenvalue weighted by Crippen LogP contribution is -2.07. The summed E-state index contributed by atoms with van der Waals surface area (Å²) in [6.07, 6.45) is 3.24. The molecule has 0 aromatic heterocycles. The number of rotatable bonds is 7. The van der Waals surface area contributed by atoms with E-state index in [9.17, 15) is 4.79 Å². The lowest BCUT2D eigenvalue weighted by molar-refractivity contribution is -0.111. The molecule has 0 bridgehead atoms. The van der Waals surface area contributed by atoms with Crippen LogP contribution >= 0.6 is 11.8 Å². The van der Waals surface area contributed by atoms with Crippen LogP contribution in [0, 0.1) is 13.8 Å². The van der Waals surface area contributed by atoms with Crippen LogP contribution in [0.1, 0.15) is 16.7 Å². The Morgan fingerprint density at radius 2 is 1.63 bits per heavy atom. The van der Waals surface area contributed by atoms with Crippen LogP contribution < -0.4 is 14.8 Å². The predicted octanol–water partition coefficient (Wildman–Crippen LogP) is 6.12. The molecule has 154 valence electrons. The molecule has 0 saturated heterocycles. The molecule has 3 aromatic carbocycles. The van der Waals surface area contributed by atoms with Crippen molar-refractivity contribution in [1.29, 1.82) is 0 Å². The Morgan fingerprint density at radius 3 is 2.33 bits per heavy atom. The molecule has 1 amide bonds. The van der Waals surface area contributed by atoms with Crippen LogP contribution in [0.3, 0.4) is 0 Å². The van der Waals surface area contributed by atoms with E-state index in [2.05, 4.69) is 37.4 Å². The van der Waals surface area contributed by atoms with Crippen molar-refractivity contribution in [2.24, 2.45) is 0 Å². The molecule has 0 radical (unpaired) electrons. The number of methoxy groups -OCH3 is 2. The Kier molecular flexibility index (Phi) is 7.20. The maximum Gasteiger partial charge on any atom is 0.248 e. The first-order valence-electron chi connectivity index (χ1n) is 9.55. The number of ether oxygens (including phenoxy) is 2. The molecule has 0 fully saturated rings. The molecule has 0 saturated carbocycles. The van der Waals surface area contributed by atoms with E-state index in [0.717, 1.165) is 16.1 Å². The SMILES string of the molecule is COc1ccc(/C=C/C(=O)Nc2ccc(Sc3cc(C)ccc3C)cc2)cc1OC. The van der Waals surface area contributed by atoms with Crippen molar-refractivity contribution in [3.8, 4) is 11.5 Å². The van der Waals surface area contributed by atoms with Crippen molar-refractivity contribution in [3.05, 3.63) is 83.4 Å². The van der Waals surface area contributed by atoms with Gasteiger partial charge in [-0.3, -0.25) is 4.79 Å². The van der Waals surface area contributed by atoms with Crippen LogP contribution in [0.2, 0.25) is 0 Å². The van der Waals surface area contributed by atoms with E-state index in [1.807, 2.05) is 42.5 Å². The lowest BCUT2D eigenvalue weighted by Gasteiger charge is -2.08. The van der Waals surface area contributed by atoms with Crippen LogP contribution in [0.25, 0.3) is 6.08 Å². The summed E-state index contributed by atoms with van der Waals surface area (Å²) in [5, 5.41) is 2.88. The molecular weight excluding hydrogens is 394 g/mol. The summed E-state index contributed by atoms with van der Waals surface area (Å²) in [4.78, 5) is 14.6. The molecule has 0 aliphatic carbocycles. The summed E-state index contributed by atoms with van der Waals surface area (Å²) in [6, 6.07) is 19.8. The van der Waals surface area contributed by atoms with Crippen molar-refractivity contribution < 1.29 is 14.3 Å². The van der Waals surface area contributed by atoms with Crippen molar-refractivity contribution in [2.45, 2.75) is 23.6 Å². The Bertz CT molecular complexity index is 1060. The van der Waals surface area contributed by atoms with Crippen molar-refractivity contribution in [3.63, 3.8) is 0 Å². The van der Waals surface area contributed by atoms with Gasteiger partial charge in [-0.2, -0.15) is 0 Å². The standard InChI is InChI=1S/C25H25NO3S/c1-17-5-6-18(2)24(15-17)30-21-11-9-20(10-12-21)26-25(27)14-8-19-7-13-22(28-3)23(16-19)29-4/h5-16H,1-4H3,(H,26,27)/b14-8+. The van der Waals surface area contributed by atoms with Crippen molar-refractivity contribution >= 4 is 29.4 Å². The van der Waals surface area contributed by atoms with Crippen LogP contribution in [0.5, 0.6) is 11.5 Å². The molecular formula is C25H25NO3S. The number of hydrogen-bond acceptors (Lipinski definition) is 4. The molecule has 3 rings (SSSR count). The molecule has 30 heavy (non-hydrogen) atoms. The van der Waals surface area contributed by atoms with Gasteiger partial charge in [-0.1, -0.05) is 30.0 Å². The van der Waals surface area contributed by atoms with E-state index >= 15 is 0 Å². The van der Waals surface area contributed by atoms with E-state index in [4.69, 9.17) is 9.47 Å². The molecule has 0 spiro atoms. The molecule has 0 atom stereocenters. The summed E-state index contributed by atoms with van der Waals surface area (Å²) in [5.74, 6) is 1.08. The van der Waals surface area contributed by atoms with Gasteiger partial charge in [0.05, 0.1) is 14.2 Å². The van der Waals surface area contributed by atoms with Gasteiger partial charge in [-0.05, 0) is 79.1 Å². The highest BCUT2D eigenvalue weighted by atomic mass is 32.2. The summed E-state index contributed by atoms with van der Waals surface area (Å²) in [7, 11) is 3.17. The minimum atomic E-state index is -0.195. The smallest absolute Gasteiger partial charge is 0.248 e. The Balaban J connectivity index is 1.62. The summed E-state index contributed by atoms with van der Waals surface area (Å²) in [6.45, 7) is 4.21. The third kappa shape index (κ3) is 5.67. The molecule has 0 aliphatic heterocycles. The molecule has 3 aromatic rings. The summed E-state index contributed by atoms with van der Waals surface area (Å²) >= 11 is 1.72. The number of benzene rings is 3. The zero-order valence-electron chi connectivity index (χ0n) is 17.6. The van der Waals surface area contributed by atoms with Crippen molar-refractivity contribution in [2.75, 3.05) is 19.5 Å². The minimum absolute atomic E-state index is 0.195. The Labute approximate surface area is 181 Å². The van der Waals surface area contributed by atoms with E-state index < -0.39 is 0 Å². The van der Waals surface area contributed by atoms with Gasteiger partial charge < -0.3 is 14.8 Å². The number of carbonyl (C=O) groups is 1. The topological polar surface area (TPSA) is 47.6 Å². The molecule has 4 nitrogen and oxygen atoms in total. The highest BCUT2D eigenvalue weighted by Crippen LogP contribution is 2.31. The second-order valence-corrected chi connectivity index (χ2v) is 7.95. The van der Waals surface area contributed by atoms with Crippen molar-refractivity contribution in [1.82, 2.24) is 0 Å². The molecule has 0 aliphatic rings. The average molecular weight is 420 g/mol. The fraction of sp³-hybridized carbons (Fsp3) is 0.160. The van der Waals surface area contributed by atoms with Crippen LogP contribution in [-0.2, 0) is 4.79 Å². The lowest BCUT2D eigenvalue weighted by atomic mass is 10.2. The summed E-state index contributed by atoms with van der Waals surface area (Å²) < 4.78 is 10.5. The summed E-state index contributed by atoms with van der Waals surface area (Å²) in [5.41, 5.74) is 4.10. The van der Waals surface area contributed by atoms with Crippen LogP contribution in [0.4, 0.5) is 5.69 Å². The highest BCUT2D eigenvalue weighted by molar-refractivity contribution is 7.99. The maximum absolute atomic E-state index is 12.3. The van der Waals surface area contributed by atoms with Gasteiger partial charge in [0.1, 0.15) is 0 Å². The van der Waals surface area contributed by atoms with Gasteiger partial charge in [0.15, 0.2) is 11.5 Å². The monoisotopic (exact) mass is 419 g/mol. The Morgan fingerprint density at radius 1 is 0.900 bits per heavy atom. The first-order valence-corrected chi connectivity index (χ1v) is 10.4. The van der Waals surface area contributed by atoms with E-state index in [1.165, 1.54) is 22.1 Å². The van der Waals surface area contributed by atoms with Gasteiger partial charge in [0, 0.05) is 21.6 Å². The first-order chi connectivity index (χ1) is 14.5. The third-order valence-electron chi connectivity index (χ3n) is 4.53. The third-order valence-corrected chi connectivity index (χ3v) is 5.70. The molecule has 1 N–H and O–H groups in total. The zero-order chi connectivity index (χ0) is 21.5. The Hall–Kier alpha value is -3.18. The molecule has 0 unspecified atom stereocenters. The minimum Gasteiger partial charge on any atom is -0.493 e. The number of amides is 1. The number of carbonyl (C=O) groups excluding carboxylic acids is 1. The second-order valence-electron chi connectivity index (χ2n) is 6.83. The number of aryl methyl sites for hydroxylation is 2. The van der Waals surface area contributed by atoms with Gasteiger partial charge >= 0.3 is 0 Å². The largest absolute Gasteiger partial charge is 0.493 e.